The zero-order valence-corrected chi connectivity index (χ0v) is 17.8. The Hall–Kier alpha value is -2.99. The van der Waals surface area contributed by atoms with Crippen molar-refractivity contribution in [1.82, 2.24) is 15.2 Å². The Balaban J connectivity index is 0.000000785. The van der Waals surface area contributed by atoms with Gasteiger partial charge in [-0.3, -0.25) is 14.4 Å². The van der Waals surface area contributed by atoms with E-state index in [2.05, 4.69) is 10.3 Å². The van der Waals surface area contributed by atoms with Crippen molar-refractivity contribution in [1.29, 1.82) is 5.26 Å². The highest BCUT2D eigenvalue weighted by molar-refractivity contribution is 5.90. The topological polar surface area (TPSA) is 144 Å². The van der Waals surface area contributed by atoms with Crippen LogP contribution in [0.2, 0.25) is 0 Å². The molecule has 9 nitrogen and oxygen atoms in total. The molecule has 168 valence electrons. The van der Waals surface area contributed by atoms with Gasteiger partial charge in [0, 0.05) is 26.2 Å². The maximum Gasteiger partial charge on any atom is 0.300 e. The van der Waals surface area contributed by atoms with E-state index in [1.165, 1.54) is 0 Å². The summed E-state index contributed by atoms with van der Waals surface area (Å²) in [6.45, 7) is 1.89. The molecule has 1 aliphatic heterocycles. The van der Waals surface area contributed by atoms with Crippen molar-refractivity contribution in [3.63, 3.8) is 0 Å². The molecule has 3 rings (SSSR count). The van der Waals surface area contributed by atoms with Gasteiger partial charge in [-0.1, -0.05) is 25.3 Å². The minimum atomic E-state index is -0.999. The Bertz CT molecular complexity index is 795. The molecule has 9 heteroatoms. The third-order valence-corrected chi connectivity index (χ3v) is 5.59. The van der Waals surface area contributed by atoms with E-state index in [0.29, 0.717) is 25.2 Å². The number of carboxylic acids is 1. The number of carbonyl (C=O) groups excluding carboxylic acids is 2. The van der Waals surface area contributed by atoms with Crippen molar-refractivity contribution in [3.05, 3.63) is 29.6 Å². The SMILES string of the molecule is CC(=O)O.N#Cc1ccc(CNC(=O)[C@H]2CCCN2C(=O)C(O)C2CCCCC2)cn1. The lowest BCUT2D eigenvalue weighted by atomic mass is 9.84. The first-order chi connectivity index (χ1) is 14.8. The average molecular weight is 431 g/mol. The number of aliphatic hydroxyl groups is 1. The van der Waals surface area contributed by atoms with E-state index in [4.69, 9.17) is 15.2 Å². The first-order valence-electron chi connectivity index (χ1n) is 10.6. The number of rotatable bonds is 5. The Morgan fingerprint density at radius 1 is 1.23 bits per heavy atom. The number of nitrogens with zero attached hydrogens (tertiary/aromatic N) is 3. The Labute approximate surface area is 182 Å². The molecular formula is C22H30N4O5. The fraction of sp³-hybridized carbons (Fsp3) is 0.591. The Morgan fingerprint density at radius 3 is 2.48 bits per heavy atom. The predicted octanol–water partition coefficient (Wildman–Crippen LogP) is 1.59. The molecule has 2 aliphatic rings. The third kappa shape index (κ3) is 7.33. The van der Waals surface area contributed by atoms with Crippen molar-refractivity contribution in [2.75, 3.05) is 6.54 Å². The molecule has 1 aromatic rings. The number of carbonyl (C=O) groups is 3. The maximum absolute atomic E-state index is 12.8. The molecule has 1 unspecified atom stereocenters. The highest BCUT2D eigenvalue weighted by atomic mass is 16.4. The molecule has 0 spiro atoms. The van der Waals surface area contributed by atoms with Crippen LogP contribution in [-0.4, -0.2) is 56.6 Å². The number of likely N-dealkylation sites (tertiary alicyclic amines) is 1. The Morgan fingerprint density at radius 2 is 1.90 bits per heavy atom. The fourth-order valence-electron chi connectivity index (χ4n) is 4.03. The van der Waals surface area contributed by atoms with E-state index in [9.17, 15) is 14.7 Å². The van der Waals surface area contributed by atoms with Gasteiger partial charge in [0.15, 0.2) is 0 Å². The molecule has 2 heterocycles. The lowest BCUT2D eigenvalue weighted by molar-refractivity contribution is -0.148. The molecule has 2 fully saturated rings. The van der Waals surface area contributed by atoms with E-state index in [1.54, 1.807) is 23.2 Å². The van der Waals surface area contributed by atoms with Crippen molar-refractivity contribution in [2.45, 2.75) is 70.6 Å². The summed E-state index contributed by atoms with van der Waals surface area (Å²) in [4.78, 5) is 39.9. The van der Waals surface area contributed by atoms with Crippen LogP contribution in [0.1, 0.15) is 63.1 Å². The van der Waals surface area contributed by atoms with Crippen molar-refractivity contribution < 1.29 is 24.6 Å². The van der Waals surface area contributed by atoms with E-state index in [-0.39, 0.29) is 17.7 Å². The average Bonchev–Trinajstić information content (AvgIpc) is 3.27. The number of hydrogen-bond donors (Lipinski definition) is 3. The molecule has 0 radical (unpaired) electrons. The zero-order chi connectivity index (χ0) is 22.8. The quantitative estimate of drug-likeness (QED) is 0.643. The molecule has 0 bridgehead atoms. The largest absolute Gasteiger partial charge is 0.481 e. The van der Waals surface area contributed by atoms with Crippen LogP contribution in [0.3, 0.4) is 0 Å². The maximum atomic E-state index is 12.8. The van der Waals surface area contributed by atoms with Crippen LogP contribution in [-0.2, 0) is 20.9 Å². The van der Waals surface area contributed by atoms with Crippen LogP contribution in [0.5, 0.6) is 0 Å². The number of hydrogen-bond acceptors (Lipinski definition) is 6. The molecule has 1 aliphatic carbocycles. The number of aromatic nitrogens is 1. The van der Waals surface area contributed by atoms with E-state index < -0.39 is 18.1 Å². The zero-order valence-electron chi connectivity index (χ0n) is 17.8. The van der Waals surface area contributed by atoms with Crippen LogP contribution in [0, 0.1) is 17.2 Å². The van der Waals surface area contributed by atoms with E-state index in [0.717, 1.165) is 51.0 Å². The molecule has 1 saturated heterocycles. The van der Waals surface area contributed by atoms with Gasteiger partial charge in [0.05, 0.1) is 0 Å². The van der Waals surface area contributed by atoms with Gasteiger partial charge >= 0.3 is 0 Å². The summed E-state index contributed by atoms with van der Waals surface area (Å²) in [5, 5.41) is 29.5. The summed E-state index contributed by atoms with van der Waals surface area (Å²) in [6, 6.07) is 4.78. The fourth-order valence-corrected chi connectivity index (χ4v) is 4.03. The number of pyridine rings is 1. The number of nitrogens with one attached hydrogen (secondary N) is 1. The molecule has 2 amide bonds. The number of amides is 2. The van der Waals surface area contributed by atoms with E-state index >= 15 is 0 Å². The van der Waals surface area contributed by atoms with Gasteiger partial charge in [0.25, 0.3) is 11.9 Å². The van der Waals surface area contributed by atoms with Gasteiger partial charge in [0.2, 0.25) is 5.91 Å². The van der Waals surface area contributed by atoms with Crippen LogP contribution in [0.15, 0.2) is 18.3 Å². The minimum absolute atomic E-state index is 0.0142. The molecule has 1 aromatic heterocycles. The van der Waals surface area contributed by atoms with Crippen molar-refractivity contribution in [3.8, 4) is 6.07 Å². The van der Waals surface area contributed by atoms with Gasteiger partial charge in [-0.05, 0) is 43.2 Å². The highest BCUT2D eigenvalue weighted by Gasteiger charge is 2.39. The van der Waals surface area contributed by atoms with Crippen LogP contribution in [0.25, 0.3) is 0 Å². The van der Waals surface area contributed by atoms with Gasteiger partial charge in [-0.15, -0.1) is 0 Å². The lowest BCUT2D eigenvalue weighted by Crippen LogP contribution is -2.50. The van der Waals surface area contributed by atoms with Crippen molar-refractivity contribution in [2.24, 2.45) is 5.92 Å². The molecule has 31 heavy (non-hydrogen) atoms. The Kier molecular flexibility index (Phi) is 9.40. The second kappa shape index (κ2) is 12.0. The van der Waals surface area contributed by atoms with Crippen molar-refractivity contribution >= 4 is 17.8 Å². The summed E-state index contributed by atoms with van der Waals surface area (Å²) in [7, 11) is 0. The summed E-state index contributed by atoms with van der Waals surface area (Å²) in [6.07, 6.45) is 6.96. The monoisotopic (exact) mass is 430 g/mol. The number of aliphatic carboxylic acids is 1. The van der Waals surface area contributed by atoms with Gasteiger partial charge in [0.1, 0.15) is 23.9 Å². The number of carboxylic acid groups (broad SMARTS) is 1. The molecule has 1 saturated carbocycles. The second-order valence-electron chi connectivity index (χ2n) is 7.93. The molecule has 3 N–H and O–H groups in total. The van der Waals surface area contributed by atoms with Crippen LogP contribution in [0.4, 0.5) is 0 Å². The molecule has 2 atom stereocenters. The normalized spacial score (nSPS) is 19.5. The van der Waals surface area contributed by atoms with Gasteiger partial charge in [-0.25, -0.2) is 4.98 Å². The number of nitriles is 1. The smallest absolute Gasteiger partial charge is 0.300 e. The van der Waals surface area contributed by atoms with Crippen LogP contribution < -0.4 is 5.32 Å². The summed E-state index contributed by atoms with van der Waals surface area (Å²) in [5.74, 6) is -1.33. The van der Waals surface area contributed by atoms with Crippen LogP contribution >= 0.6 is 0 Å². The second-order valence-corrected chi connectivity index (χ2v) is 7.93. The van der Waals surface area contributed by atoms with Gasteiger partial charge < -0.3 is 20.4 Å². The summed E-state index contributed by atoms with van der Waals surface area (Å²) in [5.41, 5.74) is 1.12. The third-order valence-electron chi connectivity index (χ3n) is 5.59. The number of aliphatic hydroxyl groups excluding tert-OH is 1. The lowest BCUT2D eigenvalue weighted by Gasteiger charge is -2.31. The van der Waals surface area contributed by atoms with Gasteiger partial charge in [-0.2, -0.15) is 5.26 Å². The first kappa shape index (κ1) is 24.3. The summed E-state index contributed by atoms with van der Waals surface area (Å²) >= 11 is 0. The first-order valence-corrected chi connectivity index (χ1v) is 10.6. The molecule has 0 aromatic carbocycles. The van der Waals surface area contributed by atoms with E-state index in [1.807, 2.05) is 6.07 Å². The molecular weight excluding hydrogens is 400 g/mol. The highest BCUT2D eigenvalue weighted by Crippen LogP contribution is 2.29. The predicted molar refractivity (Wildman–Crippen MR) is 111 cm³/mol. The standard InChI is InChI=1S/C20H26N4O3.C2H4O2/c21-11-16-9-8-14(12-22-16)13-23-19(26)17-7-4-10-24(17)20(27)18(25)15-5-2-1-3-6-15;1-2(3)4/h8-9,12,15,17-18,25H,1-7,10,13H2,(H,23,26);1H3,(H,3,4)/t17-,18?;/m1./s1. The minimum Gasteiger partial charge on any atom is -0.481 e. The summed E-state index contributed by atoms with van der Waals surface area (Å²) < 4.78 is 0.